The first-order chi connectivity index (χ1) is 5.81. The molecule has 0 unspecified atom stereocenters. The van der Waals surface area contributed by atoms with E-state index in [1.807, 2.05) is 12.1 Å². The monoisotopic (exact) mass is 157 g/mol. The van der Waals surface area contributed by atoms with Crippen molar-refractivity contribution in [3.8, 4) is 12.3 Å². The van der Waals surface area contributed by atoms with Gasteiger partial charge in [-0.1, -0.05) is 18.1 Å². The van der Waals surface area contributed by atoms with Gasteiger partial charge in [0, 0.05) is 17.5 Å². The first kappa shape index (κ1) is 7.39. The van der Waals surface area contributed by atoms with Crippen LogP contribution in [-0.2, 0) is 0 Å². The molecule has 1 heteroatoms. The van der Waals surface area contributed by atoms with Gasteiger partial charge in [-0.3, -0.25) is 0 Å². The lowest BCUT2D eigenvalue weighted by molar-refractivity contribution is 0.990. The van der Waals surface area contributed by atoms with Crippen LogP contribution in [0.15, 0.2) is 24.3 Å². The van der Waals surface area contributed by atoms with Crippen LogP contribution in [-0.4, -0.2) is 6.04 Å². The first-order valence-electron chi connectivity index (χ1n) is 4.13. The Morgan fingerprint density at radius 3 is 2.33 bits per heavy atom. The summed E-state index contributed by atoms with van der Waals surface area (Å²) >= 11 is 0. The van der Waals surface area contributed by atoms with Crippen LogP contribution in [0.2, 0.25) is 0 Å². The second-order valence-corrected chi connectivity index (χ2v) is 3.27. The Hall–Kier alpha value is -1.26. The molecule has 1 aliphatic rings. The maximum Gasteiger partial charge on any atom is 0.0242 e. The number of hydrogen-bond acceptors (Lipinski definition) is 1. The van der Waals surface area contributed by atoms with Gasteiger partial charge < -0.3 is 5.73 Å². The Labute approximate surface area is 72.6 Å². The molecule has 2 rings (SSSR count). The van der Waals surface area contributed by atoms with Crippen LogP contribution in [0.5, 0.6) is 0 Å². The molecule has 0 aromatic heterocycles. The quantitative estimate of drug-likeness (QED) is 0.614. The zero-order chi connectivity index (χ0) is 8.55. The fraction of sp³-hybridized carbons (Fsp3) is 0.273. The highest BCUT2D eigenvalue weighted by Crippen LogP contribution is 2.38. The van der Waals surface area contributed by atoms with E-state index in [-0.39, 0.29) is 0 Å². The molecule has 1 aromatic rings. The second kappa shape index (κ2) is 2.66. The highest BCUT2D eigenvalue weighted by molar-refractivity contribution is 5.37. The summed E-state index contributed by atoms with van der Waals surface area (Å²) in [5.41, 5.74) is 7.99. The summed E-state index contributed by atoms with van der Waals surface area (Å²) in [6.07, 6.45) is 6.36. The number of benzene rings is 1. The molecule has 1 fully saturated rings. The second-order valence-electron chi connectivity index (χ2n) is 3.27. The minimum Gasteiger partial charge on any atom is -0.327 e. The standard InChI is InChI=1S/C11H11N/c1-2-8-3-5-9(6-4-8)10-7-11(10)12/h1,3-6,10-11H,7,12H2/t10-,11+/m0/s1. The van der Waals surface area contributed by atoms with Crippen molar-refractivity contribution < 1.29 is 0 Å². The van der Waals surface area contributed by atoms with E-state index in [9.17, 15) is 0 Å². The van der Waals surface area contributed by atoms with E-state index in [1.165, 1.54) is 5.56 Å². The highest BCUT2D eigenvalue weighted by atomic mass is 14.7. The number of hydrogen-bond donors (Lipinski definition) is 1. The van der Waals surface area contributed by atoms with Crippen LogP contribution in [0.3, 0.4) is 0 Å². The normalized spacial score (nSPS) is 26.3. The summed E-state index contributed by atoms with van der Waals surface area (Å²) < 4.78 is 0. The Kier molecular flexibility index (Phi) is 1.64. The van der Waals surface area contributed by atoms with Crippen molar-refractivity contribution in [2.75, 3.05) is 0 Å². The van der Waals surface area contributed by atoms with Crippen molar-refractivity contribution in [1.82, 2.24) is 0 Å². The van der Waals surface area contributed by atoms with E-state index in [1.54, 1.807) is 0 Å². The molecule has 0 spiro atoms. The van der Waals surface area contributed by atoms with Gasteiger partial charge >= 0.3 is 0 Å². The molecule has 1 aromatic carbocycles. The summed E-state index contributed by atoms with van der Waals surface area (Å²) in [6.45, 7) is 0. The molecule has 1 aliphatic carbocycles. The average Bonchev–Trinajstić information content (AvgIpc) is 2.83. The third-order valence-corrected chi connectivity index (χ3v) is 2.35. The molecule has 0 aliphatic heterocycles. The topological polar surface area (TPSA) is 26.0 Å². The van der Waals surface area contributed by atoms with Crippen molar-refractivity contribution in [3.05, 3.63) is 35.4 Å². The Balaban J connectivity index is 2.21. The summed E-state index contributed by atoms with van der Waals surface area (Å²) in [4.78, 5) is 0. The summed E-state index contributed by atoms with van der Waals surface area (Å²) in [6, 6.07) is 8.47. The van der Waals surface area contributed by atoms with E-state index < -0.39 is 0 Å². The van der Waals surface area contributed by atoms with Crippen molar-refractivity contribution >= 4 is 0 Å². The summed E-state index contributed by atoms with van der Waals surface area (Å²) in [7, 11) is 0. The maximum absolute atomic E-state index is 5.73. The van der Waals surface area contributed by atoms with Gasteiger partial charge in [0.15, 0.2) is 0 Å². The molecule has 60 valence electrons. The summed E-state index contributed by atoms with van der Waals surface area (Å²) in [5, 5.41) is 0. The number of terminal acetylenes is 1. The van der Waals surface area contributed by atoms with Gasteiger partial charge in [-0.05, 0) is 24.1 Å². The lowest BCUT2D eigenvalue weighted by Crippen LogP contribution is -2.00. The lowest BCUT2D eigenvalue weighted by Gasteiger charge is -1.97. The smallest absolute Gasteiger partial charge is 0.0242 e. The molecule has 1 saturated carbocycles. The van der Waals surface area contributed by atoms with Crippen molar-refractivity contribution in [2.24, 2.45) is 5.73 Å². The molecule has 12 heavy (non-hydrogen) atoms. The zero-order valence-electron chi connectivity index (χ0n) is 6.83. The van der Waals surface area contributed by atoms with E-state index in [2.05, 4.69) is 18.1 Å². The largest absolute Gasteiger partial charge is 0.327 e. The van der Waals surface area contributed by atoms with Gasteiger partial charge in [0.05, 0.1) is 0 Å². The fourth-order valence-electron chi connectivity index (χ4n) is 1.42. The van der Waals surface area contributed by atoms with Gasteiger partial charge in [-0.2, -0.15) is 0 Å². The molecule has 0 bridgehead atoms. The predicted molar refractivity (Wildman–Crippen MR) is 49.7 cm³/mol. The number of nitrogens with two attached hydrogens (primary N) is 1. The molecule has 2 atom stereocenters. The van der Waals surface area contributed by atoms with Crippen molar-refractivity contribution in [3.63, 3.8) is 0 Å². The maximum atomic E-state index is 5.73. The Bertz CT molecular complexity index is 318. The van der Waals surface area contributed by atoms with Crippen molar-refractivity contribution in [2.45, 2.75) is 18.4 Å². The fourth-order valence-corrected chi connectivity index (χ4v) is 1.42. The highest BCUT2D eigenvalue weighted by Gasteiger charge is 2.34. The van der Waals surface area contributed by atoms with Crippen LogP contribution in [0.1, 0.15) is 23.5 Å². The molecular weight excluding hydrogens is 146 g/mol. The van der Waals surface area contributed by atoms with E-state index in [4.69, 9.17) is 12.2 Å². The zero-order valence-corrected chi connectivity index (χ0v) is 6.83. The molecular formula is C11H11N. The van der Waals surface area contributed by atoms with Gasteiger partial charge in [-0.15, -0.1) is 6.42 Å². The molecule has 0 saturated heterocycles. The minimum absolute atomic E-state index is 0.377. The lowest BCUT2D eigenvalue weighted by atomic mass is 10.1. The van der Waals surface area contributed by atoms with Crippen LogP contribution in [0, 0.1) is 12.3 Å². The van der Waals surface area contributed by atoms with Crippen LogP contribution in [0.25, 0.3) is 0 Å². The minimum atomic E-state index is 0.377. The van der Waals surface area contributed by atoms with Gasteiger partial charge in [0.2, 0.25) is 0 Å². The third kappa shape index (κ3) is 1.22. The Morgan fingerprint density at radius 2 is 1.92 bits per heavy atom. The molecule has 0 radical (unpaired) electrons. The number of rotatable bonds is 1. The van der Waals surface area contributed by atoms with Gasteiger partial charge in [0.25, 0.3) is 0 Å². The molecule has 1 nitrogen and oxygen atoms in total. The molecule has 2 N–H and O–H groups in total. The van der Waals surface area contributed by atoms with Crippen LogP contribution < -0.4 is 5.73 Å². The molecule has 0 heterocycles. The van der Waals surface area contributed by atoms with Gasteiger partial charge in [-0.25, -0.2) is 0 Å². The summed E-state index contributed by atoms with van der Waals surface area (Å²) in [5.74, 6) is 3.17. The predicted octanol–water partition coefficient (Wildman–Crippen LogP) is 1.48. The van der Waals surface area contributed by atoms with Crippen LogP contribution in [0.4, 0.5) is 0 Å². The van der Waals surface area contributed by atoms with Crippen molar-refractivity contribution in [1.29, 1.82) is 0 Å². The first-order valence-corrected chi connectivity index (χ1v) is 4.13. The van der Waals surface area contributed by atoms with E-state index in [0.717, 1.165) is 12.0 Å². The van der Waals surface area contributed by atoms with E-state index >= 15 is 0 Å². The van der Waals surface area contributed by atoms with Gasteiger partial charge in [0.1, 0.15) is 0 Å². The Morgan fingerprint density at radius 1 is 1.33 bits per heavy atom. The average molecular weight is 157 g/mol. The van der Waals surface area contributed by atoms with E-state index in [0.29, 0.717) is 12.0 Å². The third-order valence-electron chi connectivity index (χ3n) is 2.35. The molecule has 0 amide bonds. The van der Waals surface area contributed by atoms with Crippen LogP contribution >= 0.6 is 0 Å². The SMILES string of the molecule is C#Cc1ccc([C@@H]2C[C@H]2N)cc1.